The monoisotopic (exact) mass is 290 g/mol. The number of unbranched alkanes of at least 4 members (excludes halogenated alkanes) is 2. The van der Waals surface area contributed by atoms with Crippen molar-refractivity contribution in [2.75, 3.05) is 26.4 Å². The van der Waals surface area contributed by atoms with Crippen LogP contribution in [0.1, 0.15) is 46.5 Å². The van der Waals surface area contributed by atoms with Crippen LogP contribution in [0.25, 0.3) is 0 Å². The number of hydrogen-bond acceptors (Lipinski definition) is 4. The van der Waals surface area contributed by atoms with Crippen molar-refractivity contribution in [3.8, 4) is 0 Å². The van der Waals surface area contributed by atoms with E-state index in [0.29, 0.717) is 12.7 Å². The second-order valence-electron chi connectivity index (χ2n) is 5.35. The molecule has 1 rings (SSSR count). The highest BCUT2D eigenvalue weighted by Crippen LogP contribution is 2.19. The molecule has 0 radical (unpaired) electrons. The Kier molecular flexibility index (Phi) is 8.17. The first-order valence-electron chi connectivity index (χ1n) is 7.63. The maximum Gasteiger partial charge on any atom is 0.364 e. The van der Waals surface area contributed by atoms with E-state index in [2.05, 4.69) is 27.3 Å². The highest BCUT2D eigenvalue weighted by molar-refractivity contribution is 6.67. The number of rotatable bonds is 12. The molecule has 0 aromatic carbocycles. The standard InChI is InChI=1S/C14H30O4Si/c1-5-7-9-17-19(4,18-10-8-6-2)13(3)15-11-14-12-16-14/h13-14H,5-12H2,1-4H3. The lowest BCUT2D eigenvalue weighted by atomic mass is 10.4. The van der Waals surface area contributed by atoms with Gasteiger partial charge in [-0.15, -0.1) is 0 Å². The molecule has 1 aliphatic heterocycles. The first-order valence-corrected chi connectivity index (χ1v) is 10.0. The fraction of sp³-hybridized carbons (Fsp3) is 1.00. The van der Waals surface area contributed by atoms with Gasteiger partial charge in [-0.05, 0) is 26.3 Å². The maximum absolute atomic E-state index is 6.08. The molecule has 5 heteroatoms. The van der Waals surface area contributed by atoms with Gasteiger partial charge in [-0.3, -0.25) is 0 Å². The molecule has 4 nitrogen and oxygen atoms in total. The highest BCUT2D eigenvalue weighted by atomic mass is 28.4. The second kappa shape index (κ2) is 9.08. The molecule has 1 heterocycles. The van der Waals surface area contributed by atoms with E-state index in [1.807, 2.05) is 0 Å². The van der Waals surface area contributed by atoms with Crippen molar-refractivity contribution >= 4 is 8.56 Å². The van der Waals surface area contributed by atoms with Crippen molar-refractivity contribution in [2.45, 2.75) is 64.8 Å². The molecule has 0 spiro atoms. The predicted molar refractivity (Wildman–Crippen MR) is 78.5 cm³/mol. The van der Waals surface area contributed by atoms with Gasteiger partial charge in [-0.25, -0.2) is 0 Å². The van der Waals surface area contributed by atoms with Crippen LogP contribution in [0, 0.1) is 0 Å². The Morgan fingerprint density at radius 2 is 1.68 bits per heavy atom. The summed E-state index contributed by atoms with van der Waals surface area (Å²) in [6.45, 7) is 11.6. The normalized spacial score (nSPS) is 20.5. The van der Waals surface area contributed by atoms with Crippen molar-refractivity contribution in [3.05, 3.63) is 0 Å². The quantitative estimate of drug-likeness (QED) is 0.315. The van der Waals surface area contributed by atoms with Crippen molar-refractivity contribution in [3.63, 3.8) is 0 Å². The minimum absolute atomic E-state index is 0.0467. The van der Waals surface area contributed by atoms with E-state index in [-0.39, 0.29) is 5.73 Å². The number of hydrogen-bond donors (Lipinski definition) is 0. The zero-order chi connectivity index (χ0) is 14.1. The molecule has 1 fully saturated rings. The lowest BCUT2D eigenvalue weighted by molar-refractivity contribution is 0.0462. The lowest BCUT2D eigenvalue weighted by Gasteiger charge is -2.32. The largest absolute Gasteiger partial charge is 0.393 e. The van der Waals surface area contributed by atoms with E-state index >= 15 is 0 Å². The molecule has 19 heavy (non-hydrogen) atoms. The Balaban J connectivity index is 2.38. The third-order valence-corrected chi connectivity index (χ3v) is 6.64. The van der Waals surface area contributed by atoms with Gasteiger partial charge in [0.05, 0.1) is 18.9 Å². The van der Waals surface area contributed by atoms with Gasteiger partial charge < -0.3 is 18.3 Å². The van der Waals surface area contributed by atoms with E-state index in [1.54, 1.807) is 0 Å². The van der Waals surface area contributed by atoms with E-state index in [1.165, 1.54) is 0 Å². The van der Waals surface area contributed by atoms with E-state index in [0.717, 1.165) is 45.5 Å². The zero-order valence-electron chi connectivity index (χ0n) is 12.9. The molecular weight excluding hydrogens is 260 g/mol. The van der Waals surface area contributed by atoms with Gasteiger partial charge >= 0.3 is 8.56 Å². The van der Waals surface area contributed by atoms with Crippen molar-refractivity contribution < 1.29 is 18.3 Å². The Morgan fingerprint density at radius 3 is 2.11 bits per heavy atom. The fourth-order valence-electron chi connectivity index (χ4n) is 1.68. The van der Waals surface area contributed by atoms with E-state index in [4.69, 9.17) is 18.3 Å². The van der Waals surface area contributed by atoms with Crippen molar-refractivity contribution in [2.24, 2.45) is 0 Å². The molecule has 0 bridgehead atoms. The van der Waals surface area contributed by atoms with Gasteiger partial charge in [0.1, 0.15) is 6.10 Å². The van der Waals surface area contributed by atoms with Crippen LogP contribution >= 0.6 is 0 Å². The predicted octanol–water partition coefficient (Wildman–Crippen LogP) is 3.03. The van der Waals surface area contributed by atoms with Gasteiger partial charge in [0.15, 0.2) is 0 Å². The molecule has 2 unspecified atom stereocenters. The summed E-state index contributed by atoms with van der Waals surface area (Å²) in [5.74, 6) is 0. The third kappa shape index (κ3) is 6.86. The first-order chi connectivity index (χ1) is 9.12. The Labute approximate surface area is 119 Å². The molecule has 114 valence electrons. The molecule has 0 amide bonds. The first kappa shape index (κ1) is 17.1. The fourth-order valence-corrected chi connectivity index (χ4v) is 3.73. The van der Waals surface area contributed by atoms with Crippen molar-refractivity contribution in [1.82, 2.24) is 0 Å². The molecule has 1 aliphatic rings. The van der Waals surface area contributed by atoms with Crippen LogP contribution in [0.5, 0.6) is 0 Å². The van der Waals surface area contributed by atoms with Gasteiger partial charge in [-0.1, -0.05) is 26.7 Å². The zero-order valence-corrected chi connectivity index (χ0v) is 13.9. The summed E-state index contributed by atoms with van der Waals surface area (Å²) in [4.78, 5) is 0. The summed E-state index contributed by atoms with van der Waals surface area (Å²) in [6.07, 6.45) is 4.75. The molecule has 0 aromatic rings. The van der Waals surface area contributed by atoms with Crippen molar-refractivity contribution in [1.29, 1.82) is 0 Å². The molecule has 0 aliphatic carbocycles. The third-order valence-electron chi connectivity index (χ3n) is 3.45. The summed E-state index contributed by atoms with van der Waals surface area (Å²) in [5.41, 5.74) is 0.0467. The molecule has 2 atom stereocenters. The molecule has 1 saturated heterocycles. The van der Waals surface area contributed by atoms with Crippen LogP contribution in [0.2, 0.25) is 6.55 Å². The lowest BCUT2D eigenvalue weighted by Crippen LogP contribution is -2.51. The summed E-state index contributed by atoms with van der Waals surface area (Å²) in [6, 6.07) is 0. The van der Waals surface area contributed by atoms with Gasteiger partial charge in [0.2, 0.25) is 0 Å². The molecular formula is C14H30O4Si. The van der Waals surface area contributed by atoms with Crippen LogP contribution in [-0.2, 0) is 18.3 Å². The maximum atomic E-state index is 6.08. The topological polar surface area (TPSA) is 40.2 Å². The van der Waals surface area contributed by atoms with Crippen LogP contribution < -0.4 is 0 Å². The summed E-state index contributed by atoms with van der Waals surface area (Å²) < 4.78 is 23.2. The van der Waals surface area contributed by atoms with E-state index in [9.17, 15) is 0 Å². The molecule has 0 N–H and O–H groups in total. The Morgan fingerprint density at radius 1 is 1.16 bits per heavy atom. The Hall–Kier alpha value is 0.0569. The van der Waals surface area contributed by atoms with E-state index < -0.39 is 8.56 Å². The summed E-state index contributed by atoms with van der Waals surface area (Å²) >= 11 is 0. The minimum Gasteiger partial charge on any atom is -0.393 e. The summed E-state index contributed by atoms with van der Waals surface area (Å²) in [5, 5.41) is 0. The molecule has 0 saturated carbocycles. The number of epoxide rings is 1. The van der Waals surface area contributed by atoms with Crippen LogP contribution in [0.4, 0.5) is 0 Å². The van der Waals surface area contributed by atoms with Crippen LogP contribution in [0.15, 0.2) is 0 Å². The SMILES string of the molecule is CCCCO[Si](C)(OCCCC)C(C)OCC1CO1. The Bertz CT molecular complexity index is 223. The van der Waals surface area contributed by atoms with Gasteiger partial charge in [0.25, 0.3) is 0 Å². The average molecular weight is 290 g/mol. The molecule has 0 aromatic heterocycles. The average Bonchev–Trinajstić information content (AvgIpc) is 3.20. The van der Waals surface area contributed by atoms with Gasteiger partial charge in [0, 0.05) is 13.2 Å². The second-order valence-corrected chi connectivity index (χ2v) is 8.77. The van der Waals surface area contributed by atoms with Crippen LogP contribution in [-0.4, -0.2) is 46.8 Å². The van der Waals surface area contributed by atoms with Crippen LogP contribution in [0.3, 0.4) is 0 Å². The summed E-state index contributed by atoms with van der Waals surface area (Å²) in [7, 11) is -2.24. The smallest absolute Gasteiger partial charge is 0.364 e. The van der Waals surface area contributed by atoms with Gasteiger partial charge in [-0.2, -0.15) is 0 Å². The minimum atomic E-state index is -2.24. The highest BCUT2D eigenvalue weighted by Gasteiger charge is 2.40. The number of ether oxygens (including phenoxy) is 2.